The van der Waals surface area contributed by atoms with Gasteiger partial charge in [-0.05, 0) is 102 Å². The lowest BCUT2D eigenvalue weighted by atomic mass is 9.91. The van der Waals surface area contributed by atoms with E-state index in [1.807, 2.05) is 35.8 Å². The molecule has 0 radical (unpaired) electrons. The van der Waals surface area contributed by atoms with E-state index in [1.165, 1.54) is 24.8 Å². The molecule has 2 N–H and O–H groups in total. The van der Waals surface area contributed by atoms with Gasteiger partial charge in [0.05, 0.1) is 72.0 Å². The third-order valence-corrected chi connectivity index (χ3v) is 15.2. The van der Waals surface area contributed by atoms with E-state index in [4.69, 9.17) is 42.1 Å². The third kappa shape index (κ3) is 11.9. The fraction of sp³-hybridized carbons (Fsp3) is 0.444. The van der Waals surface area contributed by atoms with Crippen molar-refractivity contribution in [3.05, 3.63) is 95.0 Å². The van der Waals surface area contributed by atoms with Crippen LogP contribution < -0.4 is 29.6 Å². The van der Waals surface area contributed by atoms with Gasteiger partial charge in [0.15, 0.2) is 34.6 Å². The zero-order valence-corrected chi connectivity index (χ0v) is 43.6. The Labute approximate surface area is 439 Å². The summed E-state index contributed by atoms with van der Waals surface area (Å²) in [7, 11) is 3.19. The highest BCUT2D eigenvalue weighted by molar-refractivity contribution is 6.31. The number of anilines is 4. The van der Waals surface area contributed by atoms with Gasteiger partial charge in [0.1, 0.15) is 24.3 Å². The Bertz CT molecular complexity index is 2770. The number of hydrogen-bond acceptors (Lipinski definition) is 14. The van der Waals surface area contributed by atoms with Crippen LogP contribution in [0.2, 0.25) is 10.0 Å². The molecular formula is C54H62Cl2F2N10O6. The average molecular weight is 1060 g/mol. The summed E-state index contributed by atoms with van der Waals surface area (Å²) in [6, 6.07) is 17.6. The monoisotopic (exact) mass is 1050 g/mol. The number of benzene rings is 4. The molecule has 392 valence electrons. The smallest absolute Gasteiger partial charge is 0.236 e. The first-order valence-corrected chi connectivity index (χ1v) is 26.1. The van der Waals surface area contributed by atoms with Crippen LogP contribution in [0.3, 0.4) is 0 Å². The molecule has 2 aliphatic heterocycles. The van der Waals surface area contributed by atoms with Crippen molar-refractivity contribution in [2.24, 2.45) is 0 Å². The largest absolute Gasteiger partial charge is 0.493 e. The van der Waals surface area contributed by atoms with Crippen molar-refractivity contribution in [1.29, 1.82) is 0 Å². The highest BCUT2D eigenvalue weighted by atomic mass is 35.5. The van der Waals surface area contributed by atoms with Crippen molar-refractivity contribution < 1.29 is 37.3 Å². The molecule has 2 aliphatic carbocycles. The molecule has 0 bridgehead atoms. The number of piperazine rings is 2. The first-order chi connectivity index (χ1) is 35.9. The van der Waals surface area contributed by atoms with E-state index in [-0.39, 0.29) is 45.4 Å². The van der Waals surface area contributed by atoms with Gasteiger partial charge in [0.2, 0.25) is 11.8 Å². The SMILES string of the molecule is CCN1CCN(C2CCC(Oc3cc4c(Nc5cccc(Cl)c5F)ncnc4cc3OC)CC2)CC1=O.CCN1CCN(C2CCC(Oc3cc4c(Nc5cccc(Cl)c5F)ncnc4cc3OC)CC2)CC1=O. The molecule has 4 fully saturated rings. The molecule has 2 saturated carbocycles. The third-order valence-electron chi connectivity index (χ3n) is 14.6. The lowest BCUT2D eigenvalue weighted by Crippen LogP contribution is -2.54. The summed E-state index contributed by atoms with van der Waals surface area (Å²) in [4.78, 5) is 50.6. The van der Waals surface area contributed by atoms with Crippen LogP contribution in [0, 0.1) is 11.6 Å². The second-order valence-corrected chi connectivity index (χ2v) is 19.7. The van der Waals surface area contributed by atoms with Crippen LogP contribution in [0.15, 0.2) is 73.3 Å². The number of rotatable bonds is 14. The van der Waals surface area contributed by atoms with E-state index in [0.717, 1.165) is 90.6 Å². The summed E-state index contributed by atoms with van der Waals surface area (Å²) >= 11 is 11.9. The summed E-state index contributed by atoms with van der Waals surface area (Å²) in [5, 5.41) is 7.48. The van der Waals surface area contributed by atoms with E-state index in [2.05, 4.69) is 40.4 Å². The topological polar surface area (TPSA) is 160 Å². The fourth-order valence-electron chi connectivity index (χ4n) is 10.4. The highest BCUT2D eigenvalue weighted by Crippen LogP contribution is 2.40. The maximum Gasteiger partial charge on any atom is 0.236 e. The Balaban J connectivity index is 0.000000182. The molecule has 2 amide bonds. The van der Waals surface area contributed by atoms with Gasteiger partial charge in [-0.3, -0.25) is 19.4 Å². The van der Waals surface area contributed by atoms with Crippen LogP contribution in [-0.2, 0) is 9.59 Å². The number of hydrogen-bond donors (Lipinski definition) is 2. The second kappa shape index (κ2) is 23.9. The molecule has 6 aromatic rings. The van der Waals surface area contributed by atoms with E-state index in [1.54, 1.807) is 50.6 Å². The number of carbonyl (C=O) groups is 2. The lowest BCUT2D eigenvalue weighted by Gasteiger charge is -2.41. The summed E-state index contributed by atoms with van der Waals surface area (Å²) < 4.78 is 53.1. The summed E-state index contributed by atoms with van der Waals surface area (Å²) in [5.74, 6) is 2.57. The molecule has 4 aromatic carbocycles. The van der Waals surface area contributed by atoms with Crippen molar-refractivity contribution in [2.75, 3.05) is 77.2 Å². The Kier molecular flexibility index (Phi) is 17.0. The van der Waals surface area contributed by atoms with Crippen molar-refractivity contribution in [1.82, 2.24) is 39.5 Å². The zero-order valence-electron chi connectivity index (χ0n) is 42.1. The predicted octanol–water partition coefficient (Wildman–Crippen LogP) is 10.1. The fourth-order valence-corrected chi connectivity index (χ4v) is 10.8. The minimum absolute atomic E-state index is 0.0289. The predicted molar refractivity (Wildman–Crippen MR) is 283 cm³/mol. The van der Waals surface area contributed by atoms with Gasteiger partial charge in [-0.2, -0.15) is 0 Å². The molecule has 0 spiro atoms. The number of amides is 2. The Morgan fingerprint density at radius 3 is 1.34 bits per heavy atom. The molecule has 16 nitrogen and oxygen atoms in total. The Morgan fingerprint density at radius 1 is 0.568 bits per heavy atom. The van der Waals surface area contributed by atoms with Crippen molar-refractivity contribution in [3.63, 3.8) is 0 Å². The van der Waals surface area contributed by atoms with Gasteiger partial charge in [-0.1, -0.05) is 35.3 Å². The number of nitrogens with zero attached hydrogens (tertiary/aromatic N) is 8. The zero-order chi connectivity index (χ0) is 51.9. The summed E-state index contributed by atoms with van der Waals surface area (Å²) in [6.45, 7) is 10.1. The molecule has 74 heavy (non-hydrogen) atoms. The molecule has 20 heteroatoms. The molecular weight excluding hydrogens is 994 g/mol. The number of aromatic nitrogens is 4. The minimum Gasteiger partial charge on any atom is -0.493 e. The lowest BCUT2D eigenvalue weighted by molar-refractivity contribution is -0.138. The highest BCUT2D eigenvalue weighted by Gasteiger charge is 2.34. The van der Waals surface area contributed by atoms with Crippen molar-refractivity contribution in [2.45, 2.75) is 89.5 Å². The van der Waals surface area contributed by atoms with Gasteiger partial charge < -0.3 is 39.4 Å². The van der Waals surface area contributed by atoms with Gasteiger partial charge in [0.25, 0.3) is 0 Å². The minimum atomic E-state index is -0.546. The molecule has 0 atom stereocenters. The van der Waals surface area contributed by atoms with E-state index in [9.17, 15) is 18.4 Å². The van der Waals surface area contributed by atoms with Crippen molar-refractivity contribution >= 4 is 79.8 Å². The molecule has 0 unspecified atom stereocenters. The van der Waals surface area contributed by atoms with E-state index in [0.29, 0.717) is 81.6 Å². The van der Waals surface area contributed by atoms with Crippen LogP contribution >= 0.6 is 23.2 Å². The maximum absolute atomic E-state index is 14.5. The Morgan fingerprint density at radius 2 is 0.973 bits per heavy atom. The summed E-state index contributed by atoms with van der Waals surface area (Å²) in [6.07, 6.45) is 10.3. The average Bonchev–Trinajstić information content (AvgIpc) is 3.41. The van der Waals surface area contributed by atoms with Crippen molar-refractivity contribution in [3.8, 4) is 23.0 Å². The van der Waals surface area contributed by atoms with Gasteiger partial charge in [-0.25, -0.2) is 28.7 Å². The molecule has 4 heterocycles. The first-order valence-electron chi connectivity index (χ1n) is 25.4. The van der Waals surface area contributed by atoms with Crippen LogP contribution in [0.1, 0.15) is 65.2 Å². The van der Waals surface area contributed by atoms with Crippen LogP contribution in [0.4, 0.5) is 31.8 Å². The van der Waals surface area contributed by atoms with E-state index < -0.39 is 11.6 Å². The number of methoxy groups -OCH3 is 2. The first kappa shape index (κ1) is 52.5. The molecule has 2 aromatic heterocycles. The maximum atomic E-state index is 14.5. The van der Waals surface area contributed by atoms with E-state index >= 15 is 0 Å². The standard InChI is InChI=1S/2C27H31ClFN5O3/c2*1-3-33-11-12-34(15-25(33)35)17-7-9-18(10-8-17)37-24-13-19-22(14-23(24)36-2)30-16-31-27(19)32-21-6-4-5-20(28)26(21)29/h2*4-6,13-14,16-18H,3,7-12,15H2,1-2H3,(H,30,31,32). The van der Waals surface area contributed by atoms with Crippen LogP contribution in [0.5, 0.6) is 23.0 Å². The number of ether oxygens (including phenoxy) is 4. The Hall–Kier alpha value is -6.34. The molecule has 10 rings (SSSR count). The molecule has 4 aliphatic rings. The number of fused-ring (bicyclic) bond motifs is 2. The number of carbonyl (C=O) groups excluding carboxylic acids is 2. The van der Waals surface area contributed by atoms with Crippen LogP contribution in [0.25, 0.3) is 21.8 Å². The van der Waals surface area contributed by atoms with Gasteiger partial charge in [-0.15, -0.1) is 0 Å². The summed E-state index contributed by atoms with van der Waals surface area (Å²) in [5.41, 5.74) is 1.73. The molecule has 2 saturated heterocycles. The second-order valence-electron chi connectivity index (χ2n) is 18.9. The van der Waals surface area contributed by atoms with Gasteiger partial charge >= 0.3 is 0 Å². The van der Waals surface area contributed by atoms with Crippen LogP contribution in [-0.4, -0.2) is 142 Å². The quantitative estimate of drug-likeness (QED) is 0.106. The normalized spacial score (nSPS) is 20.8. The number of likely N-dealkylation sites (N-methyl/N-ethyl adjacent to an activating group) is 2. The number of halogens is 4. The number of nitrogens with one attached hydrogen (secondary N) is 2. The van der Waals surface area contributed by atoms with Gasteiger partial charge in [0, 0.05) is 74.3 Å².